The van der Waals surface area contributed by atoms with Gasteiger partial charge in [-0.05, 0) is 13.8 Å². The lowest BCUT2D eigenvalue weighted by Gasteiger charge is -2.41. The van der Waals surface area contributed by atoms with Crippen LogP contribution in [0.2, 0.25) is 0 Å². The predicted molar refractivity (Wildman–Crippen MR) is 60.7 cm³/mol. The number of oxazole rings is 1. The molecule has 1 aromatic heterocycles. The van der Waals surface area contributed by atoms with E-state index in [-0.39, 0.29) is 24.9 Å². The van der Waals surface area contributed by atoms with Crippen LogP contribution in [0.1, 0.15) is 19.5 Å². The number of ether oxygens (including phenoxy) is 1. The first-order valence-electron chi connectivity index (χ1n) is 5.63. The van der Waals surface area contributed by atoms with E-state index in [4.69, 9.17) is 14.3 Å². The van der Waals surface area contributed by atoms with Crippen molar-refractivity contribution in [3.05, 3.63) is 12.0 Å². The molecule has 1 aliphatic rings. The quantitative estimate of drug-likeness (QED) is 0.785. The molecule has 0 aromatic carbocycles. The molecule has 17 heavy (non-hydrogen) atoms. The Kier molecular flexibility index (Phi) is 3.37. The second kappa shape index (κ2) is 4.64. The highest BCUT2D eigenvalue weighted by Gasteiger charge is 2.34. The highest BCUT2D eigenvalue weighted by molar-refractivity contribution is 5.29. The first-order chi connectivity index (χ1) is 8.04. The van der Waals surface area contributed by atoms with Crippen molar-refractivity contribution in [3.8, 4) is 0 Å². The van der Waals surface area contributed by atoms with Crippen LogP contribution >= 0.6 is 0 Å². The fourth-order valence-electron chi connectivity index (χ4n) is 2.05. The number of nitrogens with zero attached hydrogens (tertiary/aromatic N) is 2. The number of morpholine rings is 1. The van der Waals surface area contributed by atoms with E-state index in [1.165, 1.54) is 6.26 Å². The number of hydrogen-bond donors (Lipinski definition) is 2. The largest absolute Gasteiger partial charge is 0.432 e. The molecule has 0 aliphatic carbocycles. The van der Waals surface area contributed by atoms with Gasteiger partial charge in [0.05, 0.1) is 38.0 Å². The second-order valence-corrected chi connectivity index (χ2v) is 4.84. The Morgan fingerprint density at radius 3 is 2.88 bits per heavy atom. The van der Waals surface area contributed by atoms with E-state index in [9.17, 15) is 5.11 Å². The van der Waals surface area contributed by atoms with Crippen LogP contribution in [0.25, 0.3) is 0 Å². The third-order valence-electron chi connectivity index (χ3n) is 2.66. The number of rotatable bonds is 3. The molecule has 6 heteroatoms. The summed E-state index contributed by atoms with van der Waals surface area (Å²) >= 11 is 0. The minimum Gasteiger partial charge on any atom is -0.432 e. The third-order valence-corrected chi connectivity index (χ3v) is 2.66. The first-order valence-corrected chi connectivity index (χ1v) is 5.63. The van der Waals surface area contributed by atoms with Crippen molar-refractivity contribution in [2.45, 2.75) is 32.2 Å². The van der Waals surface area contributed by atoms with Crippen molar-refractivity contribution in [1.29, 1.82) is 0 Å². The molecule has 0 amide bonds. The highest BCUT2D eigenvalue weighted by Crippen LogP contribution is 2.25. The molecule has 1 atom stereocenters. The van der Waals surface area contributed by atoms with Crippen molar-refractivity contribution >= 4 is 6.01 Å². The van der Waals surface area contributed by atoms with Gasteiger partial charge in [0, 0.05) is 0 Å². The fraction of sp³-hybridized carbons (Fsp3) is 0.727. The summed E-state index contributed by atoms with van der Waals surface area (Å²) in [7, 11) is 0. The van der Waals surface area contributed by atoms with Crippen molar-refractivity contribution in [3.63, 3.8) is 0 Å². The summed E-state index contributed by atoms with van der Waals surface area (Å²) in [6.07, 6.45) is 1.19. The molecule has 2 N–H and O–H groups in total. The minimum atomic E-state index is -0.362. The van der Waals surface area contributed by atoms with Crippen LogP contribution < -0.4 is 4.90 Å². The van der Waals surface area contributed by atoms with E-state index in [1.807, 2.05) is 18.7 Å². The molecule has 1 saturated heterocycles. The van der Waals surface area contributed by atoms with Crippen molar-refractivity contribution < 1.29 is 19.4 Å². The summed E-state index contributed by atoms with van der Waals surface area (Å²) in [5.74, 6) is 0. The maximum atomic E-state index is 9.20. The summed E-state index contributed by atoms with van der Waals surface area (Å²) in [6.45, 7) is 4.91. The lowest BCUT2D eigenvalue weighted by atomic mass is 10.1. The van der Waals surface area contributed by atoms with Crippen molar-refractivity contribution in [1.82, 2.24) is 4.98 Å². The van der Waals surface area contributed by atoms with Gasteiger partial charge in [0.15, 0.2) is 0 Å². The number of aromatic nitrogens is 1. The van der Waals surface area contributed by atoms with Crippen LogP contribution in [-0.2, 0) is 11.3 Å². The SMILES string of the molecule is CC1(C)CN(c2nc(CO)co2)CC(CO)O1. The molecule has 1 aliphatic heterocycles. The zero-order valence-electron chi connectivity index (χ0n) is 10.1. The third kappa shape index (κ3) is 2.77. The Labute approximate surface area is 99.8 Å². The molecule has 2 rings (SSSR count). The molecule has 2 heterocycles. The topological polar surface area (TPSA) is 79.0 Å². The van der Waals surface area contributed by atoms with E-state index in [0.29, 0.717) is 24.8 Å². The summed E-state index contributed by atoms with van der Waals surface area (Å²) in [5, 5.41) is 18.1. The molecule has 1 aromatic rings. The molecule has 1 unspecified atom stereocenters. The van der Waals surface area contributed by atoms with Crippen LogP contribution in [0.4, 0.5) is 6.01 Å². The van der Waals surface area contributed by atoms with Gasteiger partial charge in [-0.1, -0.05) is 0 Å². The van der Waals surface area contributed by atoms with Crippen molar-refractivity contribution in [2.75, 3.05) is 24.6 Å². The van der Waals surface area contributed by atoms with Gasteiger partial charge in [-0.25, -0.2) is 0 Å². The van der Waals surface area contributed by atoms with Gasteiger partial charge < -0.3 is 24.3 Å². The smallest absolute Gasteiger partial charge is 0.297 e. The minimum absolute atomic E-state index is 0.0342. The Morgan fingerprint density at radius 2 is 2.29 bits per heavy atom. The summed E-state index contributed by atoms with van der Waals surface area (Å²) in [6, 6.07) is 0.462. The van der Waals surface area contributed by atoms with E-state index in [1.54, 1.807) is 0 Å². The summed E-state index contributed by atoms with van der Waals surface area (Å²) in [5.41, 5.74) is 0.143. The van der Waals surface area contributed by atoms with Crippen LogP contribution in [0.3, 0.4) is 0 Å². The molecular formula is C11H18N2O4. The van der Waals surface area contributed by atoms with Crippen molar-refractivity contribution in [2.24, 2.45) is 0 Å². The molecular weight excluding hydrogens is 224 g/mol. The van der Waals surface area contributed by atoms with Crippen LogP contribution in [0.5, 0.6) is 0 Å². The normalized spacial score (nSPS) is 24.0. The monoisotopic (exact) mass is 242 g/mol. The number of anilines is 1. The van der Waals surface area contributed by atoms with E-state index in [0.717, 1.165) is 0 Å². The van der Waals surface area contributed by atoms with Gasteiger partial charge >= 0.3 is 0 Å². The molecule has 1 fully saturated rings. The number of hydrogen-bond acceptors (Lipinski definition) is 6. The lowest BCUT2D eigenvalue weighted by molar-refractivity contribution is -0.101. The number of aliphatic hydroxyl groups is 2. The van der Waals surface area contributed by atoms with Crippen LogP contribution in [0, 0.1) is 0 Å². The van der Waals surface area contributed by atoms with Crippen LogP contribution in [-0.4, -0.2) is 46.6 Å². The van der Waals surface area contributed by atoms with Gasteiger partial charge in [-0.2, -0.15) is 4.98 Å². The molecule has 6 nitrogen and oxygen atoms in total. The molecule has 0 bridgehead atoms. The molecule has 96 valence electrons. The van der Waals surface area contributed by atoms with Gasteiger partial charge in [0.2, 0.25) is 0 Å². The second-order valence-electron chi connectivity index (χ2n) is 4.84. The van der Waals surface area contributed by atoms with E-state index in [2.05, 4.69) is 4.98 Å². The van der Waals surface area contributed by atoms with Gasteiger partial charge in [-0.15, -0.1) is 0 Å². The van der Waals surface area contributed by atoms with Gasteiger partial charge in [-0.3, -0.25) is 0 Å². The predicted octanol–water partition coefficient (Wildman–Crippen LogP) is 0.143. The average molecular weight is 242 g/mol. The zero-order chi connectivity index (χ0) is 12.5. The van der Waals surface area contributed by atoms with E-state index < -0.39 is 0 Å². The zero-order valence-corrected chi connectivity index (χ0v) is 10.1. The van der Waals surface area contributed by atoms with Crippen LogP contribution in [0.15, 0.2) is 10.7 Å². The first kappa shape index (κ1) is 12.3. The Hall–Kier alpha value is -1.11. The molecule has 0 radical (unpaired) electrons. The molecule has 0 spiro atoms. The van der Waals surface area contributed by atoms with E-state index >= 15 is 0 Å². The van der Waals surface area contributed by atoms with Gasteiger partial charge in [0.25, 0.3) is 6.01 Å². The fourth-order valence-corrected chi connectivity index (χ4v) is 2.05. The maximum Gasteiger partial charge on any atom is 0.297 e. The Morgan fingerprint density at radius 1 is 1.53 bits per heavy atom. The van der Waals surface area contributed by atoms with Gasteiger partial charge in [0.1, 0.15) is 12.0 Å². The molecule has 0 saturated carbocycles. The Balaban J connectivity index is 2.14. The maximum absolute atomic E-state index is 9.20. The average Bonchev–Trinajstić information content (AvgIpc) is 2.75. The standard InChI is InChI=1S/C11H18N2O4/c1-11(2)7-13(3-9(5-15)17-11)10-12-8(4-14)6-16-10/h6,9,14-15H,3-5,7H2,1-2H3. The highest BCUT2D eigenvalue weighted by atomic mass is 16.5. The summed E-state index contributed by atoms with van der Waals surface area (Å²) < 4.78 is 11.0. The lowest BCUT2D eigenvalue weighted by Crippen LogP contribution is -2.54. The Bertz CT molecular complexity index is 377. The number of aliphatic hydroxyl groups excluding tert-OH is 2. The summed E-state index contributed by atoms with van der Waals surface area (Å²) in [4.78, 5) is 6.08.